The zero-order valence-corrected chi connectivity index (χ0v) is 12.1. The maximum atomic E-state index is 13.4. The van der Waals surface area contributed by atoms with Crippen molar-refractivity contribution in [1.82, 2.24) is 9.55 Å². The van der Waals surface area contributed by atoms with E-state index in [1.165, 1.54) is 6.07 Å². The molecule has 2 aromatic carbocycles. The number of rotatable bonds is 3. The number of hydrogen-bond acceptors (Lipinski definition) is 1. The lowest BCUT2D eigenvalue weighted by atomic mass is 10.2. The summed E-state index contributed by atoms with van der Waals surface area (Å²) in [5.41, 5.74) is 2.42. The molecule has 0 aliphatic carbocycles. The van der Waals surface area contributed by atoms with Gasteiger partial charge in [0.25, 0.3) is 0 Å². The van der Waals surface area contributed by atoms with Crippen LogP contribution in [0.2, 0.25) is 0 Å². The Labute approximate surface area is 126 Å². The highest BCUT2D eigenvalue weighted by Gasteiger charge is 2.15. The third-order valence-electron chi connectivity index (χ3n) is 3.36. The van der Waals surface area contributed by atoms with E-state index in [0.717, 1.165) is 17.1 Å². The summed E-state index contributed by atoms with van der Waals surface area (Å²) >= 11 is 6.19. The molecule has 5 heteroatoms. The molecule has 1 aromatic heterocycles. The second-order valence-corrected chi connectivity index (χ2v) is 5.56. The van der Waals surface area contributed by atoms with Crippen molar-refractivity contribution in [2.24, 2.45) is 0 Å². The molecule has 0 spiro atoms. The van der Waals surface area contributed by atoms with Crippen LogP contribution in [-0.4, -0.2) is 9.55 Å². The largest absolute Gasteiger partial charge is 0.322 e. The smallest absolute Gasteiger partial charge is 0.159 e. The number of halogens is 3. The van der Waals surface area contributed by atoms with Crippen LogP contribution in [0.1, 0.15) is 23.7 Å². The summed E-state index contributed by atoms with van der Waals surface area (Å²) < 4.78 is 28.3. The Morgan fingerprint density at radius 2 is 1.90 bits per heavy atom. The third-order valence-corrected chi connectivity index (χ3v) is 3.56. The standard InChI is InChI=1S/C16H13ClF2N2/c1-10(17)16-20-14-4-2-3-5-15(14)21(16)9-11-6-7-12(18)13(19)8-11/h2-8,10H,9H2,1H3. The van der Waals surface area contributed by atoms with Crippen molar-refractivity contribution >= 4 is 22.6 Å². The maximum Gasteiger partial charge on any atom is 0.159 e. The van der Waals surface area contributed by atoms with Gasteiger partial charge < -0.3 is 4.57 Å². The van der Waals surface area contributed by atoms with Gasteiger partial charge in [-0.05, 0) is 36.8 Å². The van der Waals surface area contributed by atoms with E-state index >= 15 is 0 Å². The quantitative estimate of drug-likeness (QED) is 0.643. The van der Waals surface area contributed by atoms with Crippen LogP contribution < -0.4 is 0 Å². The molecule has 0 N–H and O–H groups in total. The van der Waals surface area contributed by atoms with Crippen molar-refractivity contribution in [2.75, 3.05) is 0 Å². The zero-order chi connectivity index (χ0) is 15.0. The van der Waals surface area contributed by atoms with E-state index in [2.05, 4.69) is 4.98 Å². The number of para-hydroxylation sites is 2. The molecule has 21 heavy (non-hydrogen) atoms. The number of benzene rings is 2. The second-order valence-electron chi connectivity index (χ2n) is 4.91. The molecule has 3 rings (SSSR count). The molecular formula is C16H13ClF2N2. The third kappa shape index (κ3) is 2.63. The maximum absolute atomic E-state index is 13.4. The minimum Gasteiger partial charge on any atom is -0.322 e. The average Bonchev–Trinajstić information content (AvgIpc) is 2.82. The van der Waals surface area contributed by atoms with E-state index in [1.54, 1.807) is 6.07 Å². The Morgan fingerprint density at radius 3 is 2.62 bits per heavy atom. The SMILES string of the molecule is CC(Cl)c1nc2ccccc2n1Cc1ccc(F)c(F)c1. The van der Waals surface area contributed by atoms with Crippen molar-refractivity contribution in [1.29, 1.82) is 0 Å². The Balaban J connectivity index is 2.10. The Morgan fingerprint density at radius 1 is 1.14 bits per heavy atom. The minimum atomic E-state index is -0.850. The first-order valence-electron chi connectivity index (χ1n) is 6.59. The fourth-order valence-electron chi connectivity index (χ4n) is 2.38. The highest BCUT2D eigenvalue weighted by molar-refractivity contribution is 6.20. The molecular weight excluding hydrogens is 294 g/mol. The van der Waals surface area contributed by atoms with Gasteiger partial charge in [-0.3, -0.25) is 0 Å². The zero-order valence-electron chi connectivity index (χ0n) is 11.4. The van der Waals surface area contributed by atoms with E-state index in [1.807, 2.05) is 35.8 Å². The number of aromatic nitrogens is 2. The Hall–Kier alpha value is -1.94. The van der Waals surface area contributed by atoms with Gasteiger partial charge >= 0.3 is 0 Å². The van der Waals surface area contributed by atoms with Crippen LogP contribution in [0.25, 0.3) is 11.0 Å². The van der Waals surface area contributed by atoms with Crippen molar-refractivity contribution in [3.63, 3.8) is 0 Å². The van der Waals surface area contributed by atoms with Gasteiger partial charge in [0, 0.05) is 6.54 Å². The molecule has 0 aliphatic heterocycles. The Bertz CT molecular complexity index is 796. The van der Waals surface area contributed by atoms with E-state index in [4.69, 9.17) is 11.6 Å². The molecule has 0 fully saturated rings. The number of fused-ring (bicyclic) bond motifs is 1. The van der Waals surface area contributed by atoms with Gasteiger partial charge in [-0.1, -0.05) is 18.2 Å². The first-order valence-corrected chi connectivity index (χ1v) is 7.03. The van der Waals surface area contributed by atoms with Gasteiger partial charge in [0.15, 0.2) is 11.6 Å². The summed E-state index contributed by atoms with van der Waals surface area (Å²) in [4.78, 5) is 4.51. The van der Waals surface area contributed by atoms with Gasteiger partial charge in [-0.2, -0.15) is 0 Å². The minimum absolute atomic E-state index is 0.275. The summed E-state index contributed by atoms with van der Waals surface area (Å²) in [5.74, 6) is -0.986. The topological polar surface area (TPSA) is 17.8 Å². The van der Waals surface area contributed by atoms with Crippen LogP contribution in [0.5, 0.6) is 0 Å². The summed E-state index contributed by atoms with van der Waals surface area (Å²) in [6, 6.07) is 11.6. The molecule has 1 atom stereocenters. The van der Waals surface area contributed by atoms with Crippen LogP contribution in [0.15, 0.2) is 42.5 Å². The van der Waals surface area contributed by atoms with Gasteiger partial charge in [0.2, 0.25) is 0 Å². The van der Waals surface area contributed by atoms with Crippen molar-refractivity contribution in [2.45, 2.75) is 18.8 Å². The first-order chi connectivity index (χ1) is 10.1. The van der Waals surface area contributed by atoms with Gasteiger partial charge in [-0.25, -0.2) is 13.8 Å². The fraction of sp³-hybridized carbons (Fsp3) is 0.188. The van der Waals surface area contributed by atoms with Crippen LogP contribution in [0.3, 0.4) is 0 Å². The monoisotopic (exact) mass is 306 g/mol. The Kier molecular flexibility index (Phi) is 3.64. The van der Waals surface area contributed by atoms with Crippen LogP contribution in [0, 0.1) is 11.6 Å². The van der Waals surface area contributed by atoms with Crippen molar-refractivity contribution in [3.8, 4) is 0 Å². The van der Waals surface area contributed by atoms with Crippen molar-refractivity contribution in [3.05, 3.63) is 65.5 Å². The summed E-state index contributed by atoms with van der Waals surface area (Å²) in [6.45, 7) is 2.23. The molecule has 0 saturated heterocycles. The molecule has 3 aromatic rings. The number of hydrogen-bond donors (Lipinski definition) is 0. The molecule has 0 bridgehead atoms. The fourth-order valence-corrected chi connectivity index (χ4v) is 2.55. The lowest BCUT2D eigenvalue weighted by molar-refractivity contribution is 0.506. The highest BCUT2D eigenvalue weighted by atomic mass is 35.5. The molecule has 1 heterocycles. The molecule has 2 nitrogen and oxygen atoms in total. The van der Waals surface area contributed by atoms with Crippen LogP contribution in [0.4, 0.5) is 8.78 Å². The van der Waals surface area contributed by atoms with Gasteiger partial charge in [0.05, 0.1) is 16.4 Å². The first kappa shape index (κ1) is 14.0. The average molecular weight is 307 g/mol. The number of imidazole rings is 1. The van der Waals surface area contributed by atoms with E-state index < -0.39 is 11.6 Å². The normalized spacial score (nSPS) is 12.8. The van der Waals surface area contributed by atoms with Gasteiger partial charge in [0.1, 0.15) is 5.82 Å². The van der Waals surface area contributed by atoms with E-state index in [9.17, 15) is 8.78 Å². The molecule has 1 unspecified atom stereocenters. The summed E-state index contributed by atoms with van der Waals surface area (Å²) in [5, 5.41) is -0.275. The lowest BCUT2D eigenvalue weighted by Crippen LogP contribution is -2.06. The molecule has 0 radical (unpaired) electrons. The number of nitrogens with zero attached hydrogens (tertiary/aromatic N) is 2. The summed E-state index contributed by atoms with van der Waals surface area (Å²) in [7, 11) is 0. The van der Waals surface area contributed by atoms with Crippen LogP contribution in [-0.2, 0) is 6.54 Å². The highest BCUT2D eigenvalue weighted by Crippen LogP contribution is 2.25. The number of alkyl halides is 1. The van der Waals surface area contributed by atoms with Gasteiger partial charge in [-0.15, -0.1) is 11.6 Å². The predicted octanol–water partition coefficient (Wildman–Crippen LogP) is 4.66. The summed E-state index contributed by atoms with van der Waals surface area (Å²) in [6.07, 6.45) is 0. The van der Waals surface area contributed by atoms with E-state index in [0.29, 0.717) is 17.9 Å². The molecule has 0 aliphatic rings. The molecule has 108 valence electrons. The lowest BCUT2D eigenvalue weighted by Gasteiger charge is -2.11. The van der Waals surface area contributed by atoms with E-state index in [-0.39, 0.29) is 5.38 Å². The molecule has 0 saturated carbocycles. The second kappa shape index (κ2) is 5.45. The predicted molar refractivity (Wildman–Crippen MR) is 79.5 cm³/mol. The van der Waals surface area contributed by atoms with Crippen LogP contribution >= 0.6 is 11.6 Å². The molecule has 0 amide bonds. The van der Waals surface area contributed by atoms with Crippen molar-refractivity contribution < 1.29 is 8.78 Å².